The molecule has 1 N–H and O–H groups in total. The number of carbonyl (C=O) groups is 1. The Morgan fingerprint density at radius 3 is 2.43 bits per heavy atom. The molecule has 0 amide bonds. The first-order valence-electron chi connectivity index (χ1n) is 6.27. The highest BCUT2D eigenvalue weighted by atomic mass is 19.1. The topological polar surface area (TPSA) is 53.4 Å². The van der Waals surface area contributed by atoms with Gasteiger partial charge in [0, 0.05) is 12.7 Å². The molecule has 110 valence electrons. The van der Waals surface area contributed by atoms with Crippen molar-refractivity contribution in [2.24, 2.45) is 0 Å². The van der Waals surface area contributed by atoms with Gasteiger partial charge in [-0.25, -0.2) is 8.78 Å². The highest BCUT2D eigenvalue weighted by Crippen LogP contribution is 2.26. The number of halogens is 2. The number of hydrogen-bond acceptors (Lipinski definition) is 3. The van der Waals surface area contributed by atoms with Gasteiger partial charge in [0.25, 0.3) is 0 Å². The van der Waals surface area contributed by atoms with Crippen LogP contribution in [0.25, 0.3) is 0 Å². The van der Waals surface area contributed by atoms with Crippen LogP contribution in [-0.4, -0.2) is 28.0 Å². The average Bonchev–Trinajstić information content (AvgIpc) is 2.43. The second-order valence-corrected chi connectivity index (χ2v) is 4.61. The lowest BCUT2D eigenvalue weighted by molar-refractivity contribution is -0.143. The van der Waals surface area contributed by atoms with Crippen molar-refractivity contribution < 1.29 is 18.7 Å². The molecule has 1 aromatic carbocycles. The molecule has 2 aromatic rings. The van der Waals surface area contributed by atoms with Crippen molar-refractivity contribution in [1.29, 1.82) is 0 Å². The Bertz CT molecular complexity index is 615. The lowest BCUT2D eigenvalue weighted by Gasteiger charge is -2.25. The van der Waals surface area contributed by atoms with Gasteiger partial charge in [0.15, 0.2) is 0 Å². The van der Waals surface area contributed by atoms with Crippen LogP contribution in [0.3, 0.4) is 0 Å². The number of likely N-dealkylation sites (N-methyl/N-ethyl adjacent to an activating group) is 1. The van der Waals surface area contributed by atoms with E-state index in [1.54, 1.807) is 24.4 Å². The van der Waals surface area contributed by atoms with Gasteiger partial charge in [-0.2, -0.15) is 0 Å². The van der Waals surface area contributed by atoms with Crippen LogP contribution in [0.2, 0.25) is 0 Å². The van der Waals surface area contributed by atoms with Crippen LogP contribution in [0.4, 0.5) is 8.78 Å². The number of carboxylic acids is 1. The molecule has 0 unspecified atom stereocenters. The highest BCUT2D eigenvalue weighted by Gasteiger charge is 2.30. The van der Waals surface area contributed by atoms with Crippen molar-refractivity contribution in [1.82, 2.24) is 9.88 Å². The molecule has 0 saturated heterocycles. The monoisotopic (exact) mass is 292 g/mol. The highest BCUT2D eigenvalue weighted by molar-refractivity contribution is 5.75. The maximum atomic E-state index is 13.8. The normalized spacial score (nSPS) is 12.4. The molecule has 2 rings (SSSR count). The SMILES string of the molecule is CN(Cc1ccccn1)[C@H](C(=O)O)c1c(F)cccc1F. The molecule has 4 nitrogen and oxygen atoms in total. The van der Waals surface area contributed by atoms with Crippen molar-refractivity contribution in [2.75, 3.05) is 7.05 Å². The Labute approximate surface area is 120 Å². The standard InChI is InChI=1S/C15H14F2N2O2/c1-19(9-10-5-2-3-8-18-10)14(15(20)21)13-11(16)6-4-7-12(13)17/h2-8,14H,9H2,1H3,(H,20,21)/t14-/m0/s1. The summed E-state index contributed by atoms with van der Waals surface area (Å²) in [7, 11) is 1.49. The zero-order valence-electron chi connectivity index (χ0n) is 11.3. The molecule has 0 aliphatic rings. The Morgan fingerprint density at radius 2 is 1.90 bits per heavy atom. The summed E-state index contributed by atoms with van der Waals surface area (Å²) in [5.74, 6) is -3.08. The van der Waals surface area contributed by atoms with E-state index in [2.05, 4.69) is 4.98 Å². The second-order valence-electron chi connectivity index (χ2n) is 4.61. The van der Waals surface area contributed by atoms with Crippen LogP contribution in [0, 0.1) is 11.6 Å². The van der Waals surface area contributed by atoms with Crippen molar-refractivity contribution in [3.63, 3.8) is 0 Å². The molecule has 0 aliphatic carbocycles. The van der Waals surface area contributed by atoms with Gasteiger partial charge < -0.3 is 5.11 Å². The summed E-state index contributed by atoms with van der Waals surface area (Å²) in [6.07, 6.45) is 1.57. The summed E-state index contributed by atoms with van der Waals surface area (Å²) in [5.41, 5.74) is 0.145. The molecule has 0 radical (unpaired) electrons. The quantitative estimate of drug-likeness (QED) is 0.920. The number of benzene rings is 1. The van der Waals surface area contributed by atoms with Crippen LogP contribution in [-0.2, 0) is 11.3 Å². The molecule has 6 heteroatoms. The maximum Gasteiger partial charge on any atom is 0.325 e. The molecule has 1 aromatic heterocycles. The fourth-order valence-electron chi connectivity index (χ4n) is 2.14. The van der Waals surface area contributed by atoms with Crippen LogP contribution >= 0.6 is 0 Å². The zero-order valence-corrected chi connectivity index (χ0v) is 11.3. The number of carboxylic acid groups (broad SMARTS) is 1. The van der Waals surface area contributed by atoms with E-state index in [4.69, 9.17) is 0 Å². The minimum absolute atomic E-state index is 0.158. The Morgan fingerprint density at radius 1 is 1.24 bits per heavy atom. The fourth-order valence-corrected chi connectivity index (χ4v) is 2.14. The van der Waals surface area contributed by atoms with E-state index in [9.17, 15) is 18.7 Å². The van der Waals surface area contributed by atoms with Crippen LogP contribution < -0.4 is 0 Å². The minimum atomic E-state index is -1.42. The second kappa shape index (κ2) is 6.41. The molecule has 21 heavy (non-hydrogen) atoms. The molecule has 0 spiro atoms. The van der Waals surface area contributed by atoms with Crippen LogP contribution in [0.5, 0.6) is 0 Å². The lowest BCUT2D eigenvalue weighted by Crippen LogP contribution is -2.32. The van der Waals surface area contributed by atoms with Gasteiger partial charge in [0.1, 0.15) is 17.7 Å². The minimum Gasteiger partial charge on any atom is -0.480 e. The number of aromatic nitrogens is 1. The first kappa shape index (κ1) is 15.1. The third-order valence-corrected chi connectivity index (χ3v) is 3.09. The predicted octanol–water partition coefficient (Wildman–Crippen LogP) is 2.62. The number of aliphatic carboxylic acids is 1. The summed E-state index contributed by atoms with van der Waals surface area (Å²) in [4.78, 5) is 16.9. The average molecular weight is 292 g/mol. The molecular formula is C15H14F2N2O2. The van der Waals surface area contributed by atoms with E-state index in [1.165, 1.54) is 18.0 Å². The van der Waals surface area contributed by atoms with Gasteiger partial charge in [0.2, 0.25) is 0 Å². The third kappa shape index (κ3) is 3.41. The first-order valence-corrected chi connectivity index (χ1v) is 6.27. The largest absolute Gasteiger partial charge is 0.480 e. The van der Waals surface area contributed by atoms with Crippen molar-refractivity contribution in [3.8, 4) is 0 Å². The van der Waals surface area contributed by atoms with E-state index < -0.39 is 29.2 Å². The van der Waals surface area contributed by atoms with Crippen molar-refractivity contribution >= 4 is 5.97 Å². The smallest absolute Gasteiger partial charge is 0.325 e. The van der Waals surface area contributed by atoms with Gasteiger partial charge in [-0.15, -0.1) is 0 Å². The van der Waals surface area contributed by atoms with Gasteiger partial charge in [-0.05, 0) is 31.3 Å². The zero-order chi connectivity index (χ0) is 15.4. The van der Waals surface area contributed by atoms with E-state index in [0.29, 0.717) is 5.69 Å². The summed E-state index contributed by atoms with van der Waals surface area (Å²) >= 11 is 0. The summed E-state index contributed by atoms with van der Waals surface area (Å²) < 4.78 is 27.6. The molecule has 1 atom stereocenters. The predicted molar refractivity (Wildman–Crippen MR) is 72.4 cm³/mol. The Hall–Kier alpha value is -2.34. The molecular weight excluding hydrogens is 278 g/mol. The molecule has 0 aliphatic heterocycles. The first-order chi connectivity index (χ1) is 10.0. The van der Waals surface area contributed by atoms with Gasteiger partial charge >= 0.3 is 5.97 Å². The lowest BCUT2D eigenvalue weighted by atomic mass is 10.0. The molecule has 0 bridgehead atoms. The van der Waals surface area contributed by atoms with Crippen LogP contribution in [0.15, 0.2) is 42.6 Å². The molecule has 0 fully saturated rings. The van der Waals surface area contributed by atoms with Crippen molar-refractivity contribution in [3.05, 3.63) is 65.5 Å². The van der Waals surface area contributed by atoms with Gasteiger partial charge in [0.05, 0.1) is 11.3 Å². The van der Waals surface area contributed by atoms with E-state index in [1.807, 2.05) is 0 Å². The number of nitrogens with zero attached hydrogens (tertiary/aromatic N) is 2. The Kier molecular flexibility index (Phi) is 4.59. The summed E-state index contributed by atoms with van der Waals surface area (Å²) in [5, 5.41) is 9.33. The molecule has 1 heterocycles. The van der Waals surface area contributed by atoms with E-state index >= 15 is 0 Å². The van der Waals surface area contributed by atoms with Crippen molar-refractivity contribution in [2.45, 2.75) is 12.6 Å². The maximum absolute atomic E-state index is 13.8. The Balaban J connectivity index is 2.33. The number of pyridine rings is 1. The number of hydrogen-bond donors (Lipinski definition) is 1. The van der Waals surface area contributed by atoms with Gasteiger partial charge in [-0.3, -0.25) is 14.7 Å². The third-order valence-electron chi connectivity index (χ3n) is 3.09. The van der Waals surface area contributed by atoms with E-state index in [-0.39, 0.29) is 6.54 Å². The summed E-state index contributed by atoms with van der Waals surface area (Å²) in [6, 6.07) is 7.07. The fraction of sp³-hybridized carbons (Fsp3) is 0.200. The summed E-state index contributed by atoms with van der Waals surface area (Å²) in [6.45, 7) is 0.158. The number of rotatable bonds is 5. The van der Waals surface area contributed by atoms with Crippen LogP contribution in [0.1, 0.15) is 17.3 Å². The van der Waals surface area contributed by atoms with Gasteiger partial charge in [-0.1, -0.05) is 12.1 Å². The van der Waals surface area contributed by atoms with E-state index in [0.717, 1.165) is 12.1 Å². The molecule has 0 saturated carbocycles.